The minimum Gasteiger partial charge on any atom is -0.493 e. The van der Waals surface area contributed by atoms with Crippen molar-refractivity contribution in [1.82, 2.24) is 10.5 Å². The van der Waals surface area contributed by atoms with Crippen molar-refractivity contribution < 1.29 is 18.8 Å². The van der Waals surface area contributed by atoms with Crippen molar-refractivity contribution in [3.63, 3.8) is 0 Å². The maximum absolute atomic E-state index is 12.4. The van der Waals surface area contributed by atoms with E-state index in [4.69, 9.17) is 14.0 Å². The number of methoxy groups -OCH3 is 1. The van der Waals surface area contributed by atoms with Crippen molar-refractivity contribution in [2.75, 3.05) is 7.11 Å². The minimum atomic E-state index is -0.246. The third-order valence-electron chi connectivity index (χ3n) is 4.14. The molecule has 2 aromatic rings. The first kappa shape index (κ1) is 17.3. The molecule has 0 bridgehead atoms. The molecule has 6 nitrogen and oxygen atoms in total. The second kappa shape index (κ2) is 7.17. The summed E-state index contributed by atoms with van der Waals surface area (Å²) in [5, 5.41) is 6.81. The zero-order chi connectivity index (χ0) is 18.0. The molecule has 1 aromatic carbocycles. The van der Waals surface area contributed by atoms with Crippen LogP contribution < -0.4 is 14.8 Å². The van der Waals surface area contributed by atoms with Crippen LogP contribution in [-0.2, 0) is 0 Å². The molecule has 0 aliphatic heterocycles. The fraction of sp³-hybridized carbons (Fsp3) is 0.474. The maximum atomic E-state index is 12.4. The standard InChI is InChI=1S/C19H24N2O4/c1-11(2)24-16-8-7-14(9-18(16)23-4)12(3)20-19(22)15-10-17(25-21-15)13-5-6-13/h7-13H,5-6H2,1-4H3,(H,20,22)/t12-/m1/s1. The summed E-state index contributed by atoms with van der Waals surface area (Å²) in [4.78, 5) is 12.4. The number of carbonyl (C=O) groups is 1. The lowest BCUT2D eigenvalue weighted by molar-refractivity contribution is 0.0930. The topological polar surface area (TPSA) is 73.6 Å². The Morgan fingerprint density at radius 3 is 2.64 bits per heavy atom. The highest BCUT2D eigenvalue weighted by molar-refractivity contribution is 5.92. The fourth-order valence-electron chi connectivity index (χ4n) is 2.62. The van der Waals surface area contributed by atoms with Gasteiger partial charge >= 0.3 is 0 Å². The van der Waals surface area contributed by atoms with Crippen LogP contribution in [-0.4, -0.2) is 24.3 Å². The molecule has 3 rings (SSSR count). The highest BCUT2D eigenvalue weighted by Gasteiger charge is 2.29. The molecule has 1 heterocycles. The van der Waals surface area contributed by atoms with E-state index < -0.39 is 0 Å². The molecule has 1 amide bonds. The predicted octanol–water partition coefficient (Wildman–Crippen LogP) is 3.84. The molecule has 1 N–H and O–H groups in total. The minimum absolute atomic E-state index is 0.0599. The van der Waals surface area contributed by atoms with Gasteiger partial charge in [0.05, 0.1) is 19.3 Å². The van der Waals surface area contributed by atoms with Gasteiger partial charge in [-0.15, -0.1) is 0 Å². The van der Waals surface area contributed by atoms with Gasteiger partial charge in [0.2, 0.25) is 0 Å². The van der Waals surface area contributed by atoms with Crippen LogP contribution in [0.5, 0.6) is 11.5 Å². The van der Waals surface area contributed by atoms with Gasteiger partial charge in [-0.1, -0.05) is 11.2 Å². The fourth-order valence-corrected chi connectivity index (χ4v) is 2.62. The first-order chi connectivity index (χ1) is 12.0. The maximum Gasteiger partial charge on any atom is 0.273 e. The van der Waals surface area contributed by atoms with Gasteiger partial charge in [0.25, 0.3) is 5.91 Å². The lowest BCUT2D eigenvalue weighted by Gasteiger charge is -2.17. The summed E-state index contributed by atoms with van der Waals surface area (Å²) in [7, 11) is 1.60. The van der Waals surface area contributed by atoms with E-state index in [1.54, 1.807) is 13.2 Å². The Balaban J connectivity index is 1.68. The molecule has 6 heteroatoms. The van der Waals surface area contributed by atoms with Crippen LogP contribution in [0, 0.1) is 0 Å². The number of rotatable bonds is 7. The van der Waals surface area contributed by atoms with Gasteiger partial charge < -0.3 is 19.3 Å². The van der Waals surface area contributed by atoms with Crippen LogP contribution in [0.1, 0.15) is 67.4 Å². The van der Waals surface area contributed by atoms with Crippen LogP contribution in [0.2, 0.25) is 0 Å². The number of carbonyl (C=O) groups excluding carboxylic acids is 1. The molecular formula is C19H24N2O4. The van der Waals surface area contributed by atoms with Crippen molar-refractivity contribution in [3.8, 4) is 11.5 Å². The molecular weight excluding hydrogens is 320 g/mol. The predicted molar refractivity (Wildman–Crippen MR) is 93.1 cm³/mol. The normalized spacial score (nSPS) is 15.1. The third-order valence-corrected chi connectivity index (χ3v) is 4.14. The molecule has 1 aliphatic rings. The Bertz CT molecular complexity index is 750. The number of hydrogen-bond acceptors (Lipinski definition) is 5. The molecule has 1 aliphatic carbocycles. The zero-order valence-corrected chi connectivity index (χ0v) is 15.0. The number of hydrogen-bond donors (Lipinski definition) is 1. The van der Waals surface area contributed by atoms with Gasteiger partial charge in [-0.2, -0.15) is 0 Å². The number of nitrogens with one attached hydrogen (secondary N) is 1. The molecule has 0 saturated heterocycles. The lowest BCUT2D eigenvalue weighted by Crippen LogP contribution is -2.26. The molecule has 0 unspecified atom stereocenters. The monoisotopic (exact) mass is 344 g/mol. The zero-order valence-electron chi connectivity index (χ0n) is 15.0. The van der Waals surface area contributed by atoms with Crippen LogP contribution in [0.3, 0.4) is 0 Å². The molecule has 1 fully saturated rings. The van der Waals surface area contributed by atoms with Gasteiger partial charge in [0, 0.05) is 12.0 Å². The Labute approximate surface area is 147 Å². The van der Waals surface area contributed by atoms with Crippen LogP contribution in [0.15, 0.2) is 28.8 Å². The molecule has 134 valence electrons. The van der Waals surface area contributed by atoms with E-state index in [1.807, 2.05) is 39.0 Å². The second-order valence-electron chi connectivity index (χ2n) is 6.66. The Kier molecular flexibility index (Phi) is 4.97. The molecule has 1 saturated carbocycles. The summed E-state index contributed by atoms with van der Waals surface area (Å²) in [6, 6.07) is 7.19. The first-order valence-corrected chi connectivity index (χ1v) is 8.60. The van der Waals surface area contributed by atoms with E-state index >= 15 is 0 Å². The molecule has 0 spiro atoms. The smallest absolute Gasteiger partial charge is 0.273 e. The summed E-state index contributed by atoms with van der Waals surface area (Å²) < 4.78 is 16.4. The summed E-state index contributed by atoms with van der Waals surface area (Å²) in [5.41, 5.74) is 1.24. The number of amides is 1. The van der Waals surface area contributed by atoms with E-state index in [1.165, 1.54) is 0 Å². The van der Waals surface area contributed by atoms with E-state index in [9.17, 15) is 4.79 Å². The Morgan fingerprint density at radius 2 is 2.00 bits per heavy atom. The van der Waals surface area contributed by atoms with E-state index in [0.29, 0.717) is 23.1 Å². The number of aromatic nitrogens is 1. The largest absolute Gasteiger partial charge is 0.493 e. The van der Waals surface area contributed by atoms with Gasteiger partial charge in [0.15, 0.2) is 17.2 Å². The van der Waals surface area contributed by atoms with Gasteiger partial charge in [-0.3, -0.25) is 4.79 Å². The first-order valence-electron chi connectivity index (χ1n) is 8.60. The van der Waals surface area contributed by atoms with Crippen molar-refractivity contribution >= 4 is 5.91 Å². The summed E-state index contributed by atoms with van der Waals surface area (Å²) >= 11 is 0. The molecule has 0 radical (unpaired) electrons. The van der Waals surface area contributed by atoms with Gasteiger partial charge in [-0.25, -0.2) is 0 Å². The third kappa shape index (κ3) is 4.13. The van der Waals surface area contributed by atoms with Crippen molar-refractivity contribution in [2.45, 2.75) is 51.7 Å². The van der Waals surface area contributed by atoms with Gasteiger partial charge in [0.1, 0.15) is 5.76 Å². The van der Waals surface area contributed by atoms with Crippen LogP contribution in [0.25, 0.3) is 0 Å². The Morgan fingerprint density at radius 1 is 1.24 bits per heavy atom. The van der Waals surface area contributed by atoms with Crippen LogP contribution >= 0.6 is 0 Å². The lowest BCUT2D eigenvalue weighted by atomic mass is 10.1. The molecule has 1 aromatic heterocycles. The average Bonchev–Trinajstić information content (AvgIpc) is 3.31. The highest BCUT2D eigenvalue weighted by atomic mass is 16.5. The Hall–Kier alpha value is -2.50. The average molecular weight is 344 g/mol. The van der Waals surface area contributed by atoms with Crippen molar-refractivity contribution in [1.29, 1.82) is 0 Å². The van der Waals surface area contributed by atoms with Crippen LogP contribution in [0.4, 0.5) is 0 Å². The van der Waals surface area contributed by atoms with E-state index in [-0.39, 0.29) is 18.1 Å². The quantitative estimate of drug-likeness (QED) is 0.826. The SMILES string of the molecule is COc1cc([C@@H](C)NC(=O)c2cc(C3CC3)on2)ccc1OC(C)C. The second-order valence-corrected chi connectivity index (χ2v) is 6.66. The van der Waals surface area contributed by atoms with E-state index in [2.05, 4.69) is 10.5 Å². The van der Waals surface area contributed by atoms with Crippen molar-refractivity contribution in [2.24, 2.45) is 0 Å². The number of nitrogens with zero attached hydrogens (tertiary/aromatic N) is 1. The summed E-state index contributed by atoms with van der Waals surface area (Å²) in [5.74, 6) is 2.32. The van der Waals surface area contributed by atoms with Gasteiger partial charge in [-0.05, 0) is 51.3 Å². The van der Waals surface area contributed by atoms with Crippen molar-refractivity contribution in [3.05, 3.63) is 41.3 Å². The number of ether oxygens (including phenoxy) is 2. The molecule has 25 heavy (non-hydrogen) atoms. The van der Waals surface area contributed by atoms with E-state index in [0.717, 1.165) is 24.2 Å². The number of benzene rings is 1. The highest BCUT2D eigenvalue weighted by Crippen LogP contribution is 2.40. The molecule has 1 atom stereocenters. The summed E-state index contributed by atoms with van der Waals surface area (Å²) in [6.07, 6.45) is 2.28. The summed E-state index contributed by atoms with van der Waals surface area (Å²) in [6.45, 7) is 5.84.